The molecular formula is C23H28N2O2. The van der Waals surface area contributed by atoms with Gasteiger partial charge in [-0.1, -0.05) is 43.3 Å². The van der Waals surface area contributed by atoms with E-state index in [4.69, 9.17) is 4.74 Å². The maximum Gasteiger partial charge on any atom is 0.221 e. The SMILES string of the molecule is CC[C@H](C)NC(=O)C[C@H](c1ccccc1OC)c1cn(C)c2ccccc12. The zero-order valence-corrected chi connectivity index (χ0v) is 16.5. The van der Waals surface area contributed by atoms with Gasteiger partial charge >= 0.3 is 0 Å². The van der Waals surface area contributed by atoms with Gasteiger partial charge in [0, 0.05) is 48.1 Å². The second-order valence-corrected chi connectivity index (χ2v) is 7.09. The van der Waals surface area contributed by atoms with Crippen LogP contribution in [0.3, 0.4) is 0 Å². The van der Waals surface area contributed by atoms with Crippen molar-refractivity contribution >= 4 is 16.8 Å². The first kappa shape index (κ1) is 19.0. The molecule has 0 unspecified atom stereocenters. The van der Waals surface area contributed by atoms with E-state index in [2.05, 4.69) is 41.2 Å². The minimum Gasteiger partial charge on any atom is -0.496 e. The maximum absolute atomic E-state index is 12.8. The van der Waals surface area contributed by atoms with Gasteiger partial charge in [0.25, 0.3) is 0 Å². The molecule has 0 radical (unpaired) electrons. The van der Waals surface area contributed by atoms with E-state index in [1.807, 2.05) is 44.3 Å². The van der Waals surface area contributed by atoms with Gasteiger partial charge in [0.2, 0.25) is 5.91 Å². The lowest BCUT2D eigenvalue weighted by molar-refractivity contribution is -0.121. The van der Waals surface area contributed by atoms with Crippen molar-refractivity contribution in [2.24, 2.45) is 7.05 Å². The summed E-state index contributed by atoms with van der Waals surface area (Å²) in [6.45, 7) is 4.11. The Balaban J connectivity index is 2.08. The van der Waals surface area contributed by atoms with Crippen molar-refractivity contribution in [1.82, 2.24) is 9.88 Å². The third-order valence-corrected chi connectivity index (χ3v) is 5.23. The summed E-state index contributed by atoms with van der Waals surface area (Å²) in [6.07, 6.45) is 3.44. The van der Waals surface area contributed by atoms with E-state index in [1.165, 1.54) is 5.39 Å². The number of amides is 1. The van der Waals surface area contributed by atoms with E-state index in [-0.39, 0.29) is 17.9 Å². The average molecular weight is 364 g/mol. The molecule has 3 rings (SSSR count). The van der Waals surface area contributed by atoms with Gasteiger partial charge in [-0.2, -0.15) is 0 Å². The van der Waals surface area contributed by atoms with Crippen molar-refractivity contribution in [3.05, 3.63) is 65.9 Å². The summed E-state index contributed by atoms with van der Waals surface area (Å²) >= 11 is 0. The van der Waals surface area contributed by atoms with Crippen molar-refractivity contribution in [1.29, 1.82) is 0 Å². The molecule has 2 aromatic carbocycles. The lowest BCUT2D eigenvalue weighted by atomic mass is 9.87. The van der Waals surface area contributed by atoms with E-state index in [1.54, 1.807) is 7.11 Å². The van der Waals surface area contributed by atoms with E-state index >= 15 is 0 Å². The molecule has 4 nitrogen and oxygen atoms in total. The van der Waals surface area contributed by atoms with Crippen LogP contribution in [0.5, 0.6) is 5.75 Å². The molecule has 0 aliphatic rings. The summed E-state index contributed by atoms with van der Waals surface area (Å²) in [5.74, 6) is 0.802. The molecule has 1 aromatic heterocycles. The standard InChI is InChI=1S/C23H28N2O2/c1-5-16(2)24-23(26)14-19(18-11-7-9-13-22(18)27-4)20-15-25(3)21-12-8-6-10-17(20)21/h6-13,15-16,19H,5,14H2,1-4H3,(H,24,26)/t16-,19+/m0/s1. The average Bonchev–Trinajstić information content (AvgIpc) is 3.02. The van der Waals surface area contributed by atoms with Crippen LogP contribution in [0.4, 0.5) is 0 Å². The zero-order valence-electron chi connectivity index (χ0n) is 16.5. The smallest absolute Gasteiger partial charge is 0.221 e. The molecule has 0 bridgehead atoms. The number of ether oxygens (including phenoxy) is 1. The van der Waals surface area contributed by atoms with Crippen LogP contribution in [0.2, 0.25) is 0 Å². The summed E-state index contributed by atoms with van der Waals surface area (Å²) in [6, 6.07) is 16.5. The van der Waals surface area contributed by atoms with Gasteiger partial charge in [0.1, 0.15) is 5.75 Å². The molecule has 0 saturated carbocycles. The molecular weight excluding hydrogens is 336 g/mol. The number of aromatic nitrogens is 1. The fraction of sp³-hybridized carbons (Fsp3) is 0.348. The second-order valence-electron chi connectivity index (χ2n) is 7.09. The van der Waals surface area contributed by atoms with Crippen molar-refractivity contribution < 1.29 is 9.53 Å². The third kappa shape index (κ3) is 4.00. The zero-order chi connectivity index (χ0) is 19.4. The molecule has 27 heavy (non-hydrogen) atoms. The minimum atomic E-state index is -0.0729. The molecule has 1 amide bonds. The predicted molar refractivity (Wildman–Crippen MR) is 110 cm³/mol. The molecule has 0 saturated heterocycles. The first-order chi connectivity index (χ1) is 13.0. The highest BCUT2D eigenvalue weighted by Gasteiger charge is 2.25. The van der Waals surface area contributed by atoms with E-state index in [9.17, 15) is 4.79 Å². The third-order valence-electron chi connectivity index (χ3n) is 5.23. The number of methoxy groups -OCH3 is 1. The van der Waals surface area contributed by atoms with E-state index in [0.29, 0.717) is 6.42 Å². The maximum atomic E-state index is 12.8. The van der Waals surface area contributed by atoms with Crippen LogP contribution >= 0.6 is 0 Å². The van der Waals surface area contributed by atoms with Crippen LogP contribution in [0, 0.1) is 0 Å². The van der Waals surface area contributed by atoms with Crippen molar-refractivity contribution in [3.8, 4) is 5.75 Å². The molecule has 1 heterocycles. The van der Waals surface area contributed by atoms with Gasteiger partial charge in [0.05, 0.1) is 7.11 Å². The number of benzene rings is 2. The monoisotopic (exact) mass is 364 g/mol. The van der Waals surface area contributed by atoms with Crippen LogP contribution in [0.15, 0.2) is 54.7 Å². The molecule has 4 heteroatoms. The Hall–Kier alpha value is -2.75. The fourth-order valence-electron chi connectivity index (χ4n) is 3.61. The first-order valence-corrected chi connectivity index (χ1v) is 9.51. The van der Waals surface area contributed by atoms with Gasteiger partial charge in [-0.05, 0) is 31.0 Å². The van der Waals surface area contributed by atoms with Crippen LogP contribution in [-0.2, 0) is 11.8 Å². The van der Waals surface area contributed by atoms with Crippen molar-refractivity contribution in [3.63, 3.8) is 0 Å². The number of hydrogen-bond acceptors (Lipinski definition) is 2. The van der Waals surface area contributed by atoms with Gasteiger partial charge in [-0.15, -0.1) is 0 Å². The molecule has 2 atom stereocenters. The number of nitrogens with one attached hydrogen (secondary N) is 1. The highest BCUT2D eigenvalue weighted by molar-refractivity contribution is 5.86. The summed E-state index contributed by atoms with van der Waals surface area (Å²) in [4.78, 5) is 12.8. The highest BCUT2D eigenvalue weighted by Crippen LogP contribution is 2.38. The van der Waals surface area contributed by atoms with E-state index in [0.717, 1.165) is 28.8 Å². The quantitative estimate of drug-likeness (QED) is 0.664. The number of rotatable bonds is 7. The number of hydrogen-bond donors (Lipinski definition) is 1. The lowest BCUT2D eigenvalue weighted by Crippen LogP contribution is -2.33. The molecule has 0 aliphatic heterocycles. The Kier molecular flexibility index (Phi) is 5.84. The number of nitrogens with zero attached hydrogens (tertiary/aromatic N) is 1. The lowest BCUT2D eigenvalue weighted by Gasteiger charge is -2.21. The summed E-state index contributed by atoms with van der Waals surface area (Å²) in [5.41, 5.74) is 3.35. The predicted octanol–water partition coefficient (Wildman–Crippen LogP) is 4.62. The molecule has 0 aliphatic carbocycles. The minimum absolute atomic E-state index is 0.0631. The van der Waals surface area contributed by atoms with Crippen molar-refractivity contribution in [2.45, 2.75) is 38.6 Å². The number of carbonyl (C=O) groups excluding carboxylic acids is 1. The fourth-order valence-corrected chi connectivity index (χ4v) is 3.61. The number of carbonyl (C=O) groups is 1. The Morgan fingerprint density at radius 3 is 2.56 bits per heavy atom. The number of fused-ring (bicyclic) bond motifs is 1. The summed E-state index contributed by atoms with van der Waals surface area (Å²) in [5, 5.41) is 4.28. The Morgan fingerprint density at radius 1 is 1.11 bits per heavy atom. The van der Waals surface area contributed by atoms with E-state index < -0.39 is 0 Å². The molecule has 3 aromatic rings. The van der Waals surface area contributed by atoms with Crippen LogP contribution in [0.25, 0.3) is 10.9 Å². The highest BCUT2D eigenvalue weighted by atomic mass is 16.5. The summed E-state index contributed by atoms with van der Waals surface area (Å²) in [7, 11) is 3.72. The normalized spacial score (nSPS) is 13.3. The van der Waals surface area contributed by atoms with Crippen LogP contribution in [0.1, 0.15) is 43.7 Å². The van der Waals surface area contributed by atoms with Gasteiger partial charge in [-0.25, -0.2) is 0 Å². The summed E-state index contributed by atoms with van der Waals surface area (Å²) < 4.78 is 7.74. The van der Waals surface area contributed by atoms with Gasteiger partial charge in [-0.3, -0.25) is 4.79 Å². The van der Waals surface area contributed by atoms with Gasteiger partial charge in [0.15, 0.2) is 0 Å². The van der Waals surface area contributed by atoms with Gasteiger partial charge < -0.3 is 14.6 Å². The van der Waals surface area contributed by atoms with Crippen LogP contribution < -0.4 is 10.1 Å². The second kappa shape index (κ2) is 8.30. The Bertz CT molecular complexity index is 929. The number of aryl methyl sites for hydroxylation is 1. The number of para-hydroxylation sites is 2. The van der Waals surface area contributed by atoms with Crippen LogP contribution in [-0.4, -0.2) is 23.6 Å². The topological polar surface area (TPSA) is 43.3 Å². The molecule has 0 fully saturated rings. The molecule has 142 valence electrons. The largest absolute Gasteiger partial charge is 0.496 e. The Labute approximate surface area is 161 Å². The molecule has 1 N–H and O–H groups in total. The van der Waals surface area contributed by atoms with Crippen molar-refractivity contribution in [2.75, 3.05) is 7.11 Å². The first-order valence-electron chi connectivity index (χ1n) is 9.51. The Morgan fingerprint density at radius 2 is 1.81 bits per heavy atom. The molecule has 0 spiro atoms.